The summed E-state index contributed by atoms with van der Waals surface area (Å²) in [6, 6.07) is 5.55. The van der Waals surface area contributed by atoms with E-state index in [1.807, 2.05) is 0 Å². The van der Waals surface area contributed by atoms with E-state index in [0.717, 1.165) is 12.3 Å². The van der Waals surface area contributed by atoms with Crippen LogP contribution in [-0.4, -0.2) is 48.4 Å². The number of likely N-dealkylation sites (N-methyl/N-ethyl adjacent to an activating group) is 1. The van der Waals surface area contributed by atoms with Crippen LogP contribution in [0.5, 0.6) is 0 Å². The molecule has 2 aromatic rings. The Balaban J connectivity index is 1.93. The van der Waals surface area contributed by atoms with Gasteiger partial charge in [-0.1, -0.05) is 6.07 Å². The Kier molecular flexibility index (Phi) is 7.48. The Morgan fingerprint density at radius 1 is 1.30 bits per heavy atom. The smallest absolute Gasteiger partial charge is 0.269 e. The summed E-state index contributed by atoms with van der Waals surface area (Å²) in [7, 11) is 1.57. The number of anilines is 4. The highest BCUT2D eigenvalue weighted by Gasteiger charge is 2.47. The van der Waals surface area contributed by atoms with Crippen molar-refractivity contribution in [1.29, 1.82) is 5.41 Å². The fourth-order valence-electron chi connectivity index (χ4n) is 3.66. The SMILES string of the molecule is CNC1CCCC(F)(F)[C@H]1Nc1nc(Nc2cccc(N/N=C\C=N)c2)c(C(N)=O)cc1F. The van der Waals surface area contributed by atoms with Crippen molar-refractivity contribution in [2.24, 2.45) is 10.8 Å². The fraction of sp³-hybridized carbons (Fsp3) is 0.333. The van der Waals surface area contributed by atoms with Crippen LogP contribution in [-0.2, 0) is 0 Å². The zero-order valence-electron chi connectivity index (χ0n) is 17.8. The summed E-state index contributed by atoms with van der Waals surface area (Å²) in [6.07, 6.45) is 2.75. The van der Waals surface area contributed by atoms with Crippen molar-refractivity contribution >= 4 is 41.3 Å². The number of hydrogen-bond acceptors (Lipinski definition) is 8. The van der Waals surface area contributed by atoms with Crippen LogP contribution in [0.2, 0.25) is 0 Å². The molecular formula is C21H25F3N8O. The van der Waals surface area contributed by atoms with Crippen molar-refractivity contribution in [3.63, 3.8) is 0 Å². The molecule has 1 aromatic carbocycles. The lowest BCUT2D eigenvalue weighted by Crippen LogP contribution is -2.56. The van der Waals surface area contributed by atoms with E-state index >= 15 is 0 Å². The van der Waals surface area contributed by atoms with Crippen molar-refractivity contribution < 1.29 is 18.0 Å². The first-order valence-corrected chi connectivity index (χ1v) is 10.2. The number of amides is 1. The van der Waals surface area contributed by atoms with E-state index in [2.05, 4.69) is 31.5 Å². The van der Waals surface area contributed by atoms with Gasteiger partial charge in [0.1, 0.15) is 11.9 Å². The van der Waals surface area contributed by atoms with Gasteiger partial charge >= 0.3 is 0 Å². The standard InChI is InChI=1S/C21H25F3N8O/c1-27-16-6-3-7-21(23,24)17(16)30-20-15(22)11-14(18(26)33)19(31-20)29-12-4-2-5-13(10-12)32-28-9-8-25/h2,4-5,8-11,16-17,25,27,32H,3,6-7H2,1H3,(H2,26,33)(H2,29,30,31)/b25-8?,28-9-/t16?,17-/m0/s1. The second-order valence-corrected chi connectivity index (χ2v) is 7.51. The van der Waals surface area contributed by atoms with E-state index in [1.54, 1.807) is 31.3 Å². The van der Waals surface area contributed by atoms with Crippen LogP contribution in [0.25, 0.3) is 0 Å². The number of aromatic nitrogens is 1. The van der Waals surface area contributed by atoms with Crippen molar-refractivity contribution in [2.75, 3.05) is 23.1 Å². The Morgan fingerprint density at radius 2 is 2.06 bits per heavy atom. The van der Waals surface area contributed by atoms with Gasteiger partial charge in [0.15, 0.2) is 11.6 Å². The summed E-state index contributed by atoms with van der Waals surface area (Å²) in [5.74, 6) is -5.49. The highest BCUT2D eigenvalue weighted by atomic mass is 19.3. The van der Waals surface area contributed by atoms with Crippen LogP contribution < -0.4 is 27.1 Å². The molecule has 2 atom stereocenters. The monoisotopic (exact) mass is 462 g/mol. The molecule has 1 heterocycles. The van der Waals surface area contributed by atoms with Gasteiger partial charge in [-0.3, -0.25) is 10.2 Å². The quantitative estimate of drug-likeness (QED) is 0.250. The molecule has 3 rings (SSSR count). The molecule has 1 aromatic heterocycles. The first-order valence-electron chi connectivity index (χ1n) is 10.2. The minimum atomic E-state index is -3.08. The van der Waals surface area contributed by atoms with Gasteiger partial charge in [0, 0.05) is 24.4 Å². The Bertz CT molecular complexity index is 1050. The minimum absolute atomic E-state index is 0.0910. The lowest BCUT2D eigenvalue weighted by atomic mass is 9.87. The van der Waals surface area contributed by atoms with Crippen LogP contribution >= 0.6 is 0 Å². The van der Waals surface area contributed by atoms with Crippen LogP contribution in [0.4, 0.5) is 36.2 Å². The number of halogens is 3. The Morgan fingerprint density at radius 3 is 2.76 bits per heavy atom. The van der Waals surface area contributed by atoms with Crippen LogP contribution in [0.3, 0.4) is 0 Å². The maximum absolute atomic E-state index is 14.7. The van der Waals surface area contributed by atoms with Gasteiger partial charge < -0.3 is 27.1 Å². The van der Waals surface area contributed by atoms with Gasteiger partial charge in [-0.15, -0.1) is 0 Å². The molecule has 33 heavy (non-hydrogen) atoms. The second kappa shape index (κ2) is 10.3. The van der Waals surface area contributed by atoms with Crippen molar-refractivity contribution in [1.82, 2.24) is 10.3 Å². The molecule has 9 nitrogen and oxygen atoms in total. The predicted molar refractivity (Wildman–Crippen MR) is 122 cm³/mol. The molecule has 7 N–H and O–H groups in total. The predicted octanol–water partition coefficient (Wildman–Crippen LogP) is 3.30. The summed E-state index contributed by atoms with van der Waals surface area (Å²) >= 11 is 0. The maximum Gasteiger partial charge on any atom is 0.269 e. The number of hydrazone groups is 1. The summed E-state index contributed by atoms with van der Waals surface area (Å²) in [5, 5.41) is 19.0. The van der Waals surface area contributed by atoms with Crippen LogP contribution in [0.15, 0.2) is 35.4 Å². The lowest BCUT2D eigenvalue weighted by molar-refractivity contribution is -0.0550. The zero-order valence-corrected chi connectivity index (χ0v) is 17.8. The zero-order chi connectivity index (χ0) is 24.0. The molecule has 0 spiro atoms. The van der Waals surface area contributed by atoms with Crippen LogP contribution in [0.1, 0.15) is 29.6 Å². The number of nitrogens with two attached hydrogens (primary N) is 1. The Hall–Kier alpha value is -3.67. The van der Waals surface area contributed by atoms with E-state index in [0.29, 0.717) is 24.2 Å². The van der Waals surface area contributed by atoms with Crippen molar-refractivity contribution in [3.05, 3.63) is 41.7 Å². The average Bonchev–Trinajstić information content (AvgIpc) is 2.77. The van der Waals surface area contributed by atoms with Gasteiger partial charge in [0.25, 0.3) is 11.8 Å². The number of rotatable bonds is 9. The summed E-state index contributed by atoms with van der Waals surface area (Å²) in [5.41, 5.74) is 8.86. The number of primary amides is 1. The first kappa shape index (κ1) is 24.0. The number of nitrogens with one attached hydrogen (secondary N) is 5. The molecular weight excluding hydrogens is 437 g/mol. The first-order chi connectivity index (χ1) is 15.7. The molecule has 0 radical (unpaired) electrons. The average molecular weight is 462 g/mol. The van der Waals surface area contributed by atoms with E-state index < -0.39 is 35.5 Å². The third-order valence-electron chi connectivity index (χ3n) is 5.26. The van der Waals surface area contributed by atoms with Gasteiger partial charge in [0.2, 0.25) is 0 Å². The van der Waals surface area contributed by atoms with Crippen molar-refractivity contribution in [2.45, 2.75) is 37.3 Å². The molecule has 1 amide bonds. The largest absolute Gasteiger partial charge is 0.365 e. The molecule has 1 unspecified atom stereocenters. The maximum atomic E-state index is 14.7. The Labute approximate surface area is 188 Å². The van der Waals surface area contributed by atoms with Gasteiger partial charge in [-0.05, 0) is 44.2 Å². The van der Waals surface area contributed by atoms with E-state index in [4.69, 9.17) is 11.1 Å². The minimum Gasteiger partial charge on any atom is -0.365 e. The third kappa shape index (κ3) is 5.77. The number of pyridine rings is 1. The highest BCUT2D eigenvalue weighted by molar-refractivity contribution is 6.14. The molecule has 1 aliphatic carbocycles. The number of carbonyl (C=O) groups excluding carboxylic acids is 1. The van der Waals surface area contributed by atoms with Gasteiger partial charge in [-0.25, -0.2) is 18.2 Å². The third-order valence-corrected chi connectivity index (χ3v) is 5.26. The number of benzene rings is 1. The van der Waals surface area contributed by atoms with E-state index in [-0.39, 0.29) is 17.8 Å². The van der Waals surface area contributed by atoms with Crippen LogP contribution in [0, 0.1) is 11.2 Å². The molecule has 1 saturated carbocycles. The van der Waals surface area contributed by atoms with Gasteiger partial charge in [0.05, 0.1) is 17.5 Å². The topological polar surface area (TPSA) is 140 Å². The molecule has 12 heteroatoms. The van der Waals surface area contributed by atoms with E-state index in [9.17, 15) is 18.0 Å². The summed E-state index contributed by atoms with van der Waals surface area (Å²) in [4.78, 5) is 16.0. The second-order valence-electron chi connectivity index (χ2n) is 7.51. The summed E-state index contributed by atoms with van der Waals surface area (Å²) < 4.78 is 43.9. The number of alkyl halides is 2. The van der Waals surface area contributed by atoms with Gasteiger partial charge in [-0.2, -0.15) is 5.10 Å². The molecule has 0 bridgehead atoms. The molecule has 0 aliphatic heterocycles. The van der Waals surface area contributed by atoms with Crippen molar-refractivity contribution in [3.8, 4) is 0 Å². The lowest BCUT2D eigenvalue weighted by Gasteiger charge is -2.38. The number of carbonyl (C=O) groups is 1. The molecule has 1 fully saturated rings. The fourth-order valence-corrected chi connectivity index (χ4v) is 3.66. The van der Waals surface area contributed by atoms with E-state index in [1.165, 1.54) is 6.21 Å². The summed E-state index contributed by atoms with van der Waals surface area (Å²) in [6.45, 7) is 0. The molecule has 0 saturated heterocycles. The molecule has 1 aliphatic rings. The number of hydrogen-bond donors (Lipinski definition) is 6. The molecule has 176 valence electrons. The number of nitrogens with zero attached hydrogens (tertiary/aromatic N) is 2. The normalized spacial score (nSPS) is 19.8. The highest BCUT2D eigenvalue weighted by Crippen LogP contribution is 2.36.